The maximum Gasteiger partial charge on any atom is 0.251 e. The lowest BCUT2D eigenvalue weighted by Crippen LogP contribution is -2.34. The van der Waals surface area contributed by atoms with E-state index in [4.69, 9.17) is 11.1 Å². The van der Waals surface area contributed by atoms with Crippen LogP contribution in [0.25, 0.3) is 5.57 Å². The van der Waals surface area contributed by atoms with Crippen molar-refractivity contribution in [2.24, 2.45) is 0 Å². The maximum atomic E-state index is 12.5. The van der Waals surface area contributed by atoms with E-state index in [2.05, 4.69) is 35.3 Å². The van der Waals surface area contributed by atoms with Gasteiger partial charge in [-0.15, -0.1) is 0 Å². The minimum Gasteiger partial charge on any atom is -0.398 e. The predicted molar refractivity (Wildman–Crippen MR) is 133 cm³/mol. The van der Waals surface area contributed by atoms with Crippen LogP contribution >= 0.6 is 0 Å². The van der Waals surface area contributed by atoms with Crippen LogP contribution in [0.1, 0.15) is 65.2 Å². The van der Waals surface area contributed by atoms with E-state index in [1.807, 2.05) is 32.3 Å². The Balaban J connectivity index is 1.69. The third kappa shape index (κ3) is 3.97. The van der Waals surface area contributed by atoms with Crippen molar-refractivity contribution in [3.63, 3.8) is 0 Å². The van der Waals surface area contributed by atoms with Gasteiger partial charge in [-0.05, 0) is 86.7 Å². The summed E-state index contributed by atoms with van der Waals surface area (Å²) in [7, 11) is 4.00. The Morgan fingerprint density at radius 2 is 1.88 bits per heavy atom. The van der Waals surface area contributed by atoms with E-state index in [9.17, 15) is 4.79 Å². The van der Waals surface area contributed by atoms with Crippen molar-refractivity contribution >= 4 is 23.4 Å². The first-order chi connectivity index (χ1) is 15.3. The molecule has 0 spiro atoms. The van der Waals surface area contributed by atoms with Crippen molar-refractivity contribution in [1.82, 2.24) is 10.2 Å². The van der Waals surface area contributed by atoms with Gasteiger partial charge in [-0.3, -0.25) is 4.79 Å². The molecule has 1 atom stereocenters. The Labute approximate surface area is 191 Å². The third-order valence-corrected chi connectivity index (χ3v) is 7.12. The number of nitrogens with zero attached hydrogens (tertiary/aromatic N) is 1. The lowest BCUT2D eigenvalue weighted by atomic mass is 9.61. The van der Waals surface area contributed by atoms with Crippen molar-refractivity contribution in [2.45, 2.75) is 44.4 Å². The molecule has 0 saturated carbocycles. The fraction of sp³-hybridized carbons (Fsp3) is 0.407. The van der Waals surface area contributed by atoms with E-state index in [0.29, 0.717) is 17.8 Å². The van der Waals surface area contributed by atoms with E-state index >= 15 is 0 Å². The molecule has 5 heteroatoms. The molecule has 0 heterocycles. The number of benzene rings is 2. The zero-order valence-electron chi connectivity index (χ0n) is 19.4. The molecule has 0 fully saturated rings. The minimum absolute atomic E-state index is 0.0267. The summed E-state index contributed by atoms with van der Waals surface area (Å²) < 4.78 is 0. The standard InChI is InChI=1S/C27H34N4O/c1-27(20-11-8-18(9-12-20)26(32)30-14-15-31(2)3)16-19-10-13-24(29)22(17-28)25(19)21-6-4-5-7-23(21)27/h8-13,17,28H,4-7,14-16,29H2,1-3H3,(H,30,32). The molecule has 2 aromatic rings. The number of allylic oxidation sites excluding steroid dienone is 2. The first-order valence-corrected chi connectivity index (χ1v) is 11.5. The van der Waals surface area contributed by atoms with Gasteiger partial charge in [0.25, 0.3) is 5.91 Å². The van der Waals surface area contributed by atoms with E-state index in [1.54, 1.807) is 0 Å². The highest BCUT2D eigenvalue weighted by Crippen LogP contribution is 2.51. The predicted octanol–water partition coefficient (Wildman–Crippen LogP) is 4.40. The lowest BCUT2D eigenvalue weighted by Gasteiger charge is -2.42. The van der Waals surface area contributed by atoms with Crippen molar-refractivity contribution in [3.05, 3.63) is 69.8 Å². The number of anilines is 1. The molecule has 0 aromatic heterocycles. The summed E-state index contributed by atoms with van der Waals surface area (Å²) in [6.45, 7) is 3.79. The van der Waals surface area contributed by atoms with E-state index in [-0.39, 0.29) is 11.3 Å². The summed E-state index contributed by atoms with van der Waals surface area (Å²) in [5.41, 5.74) is 15.0. The lowest BCUT2D eigenvalue weighted by molar-refractivity contribution is 0.0951. The van der Waals surface area contributed by atoms with Gasteiger partial charge in [0.05, 0.1) is 0 Å². The third-order valence-electron chi connectivity index (χ3n) is 7.12. The number of nitrogens with two attached hydrogens (primary N) is 1. The normalized spacial score (nSPS) is 20.0. The van der Waals surface area contributed by atoms with Crippen molar-refractivity contribution in [3.8, 4) is 0 Å². The van der Waals surface area contributed by atoms with Crippen LogP contribution in [0.5, 0.6) is 0 Å². The van der Waals surface area contributed by atoms with Crippen LogP contribution < -0.4 is 11.1 Å². The highest BCUT2D eigenvalue weighted by atomic mass is 16.1. The van der Waals surface area contributed by atoms with Crippen molar-refractivity contribution < 1.29 is 4.79 Å². The highest BCUT2D eigenvalue weighted by molar-refractivity contribution is 5.96. The van der Waals surface area contributed by atoms with Gasteiger partial charge in [-0.1, -0.05) is 30.7 Å². The second kappa shape index (κ2) is 8.91. The van der Waals surface area contributed by atoms with Gasteiger partial charge in [0, 0.05) is 41.5 Å². The average molecular weight is 431 g/mol. The number of fused-ring (bicyclic) bond motifs is 2. The van der Waals surface area contributed by atoms with Gasteiger partial charge in [0.1, 0.15) is 0 Å². The van der Waals surface area contributed by atoms with Crippen LogP contribution in [-0.2, 0) is 11.8 Å². The number of rotatable bonds is 6. The molecule has 5 nitrogen and oxygen atoms in total. The molecule has 168 valence electrons. The van der Waals surface area contributed by atoms with Crippen LogP contribution in [-0.4, -0.2) is 44.2 Å². The Morgan fingerprint density at radius 3 is 2.56 bits per heavy atom. The molecule has 32 heavy (non-hydrogen) atoms. The maximum absolute atomic E-state index is 12.5. The zero-order chi connectivity index (χ0) is 22.9. The molecule has 1 unspecified atom stereocenters. The fourth-order valence-electron chi connectivity index (χ4n) is 5.38. The Kier molecular flexibility index (Phi) is 6.20. The molecule has 0 aliphatic heterocycles. The van der Waals surface area contributed by atoms with Gasteiger partial charge in [-0.25, -0.2) is 0 Å². The Hall–Kier alpha value is -2.92. The van der Waals surface area contributed by atoms with Crippen LogP contribution in [0.4, 0.5) is 5.69 Å². The molecule has 0 bridgehead atoms. The van der Waals surface area contributed by atoms with Crippen LogP contribution in [0.15, 0.2) is 42.0 Å². The molecular weight excluding hydrogens is 396 g/mol. The fourth-order valence-corrected chi connectivity index (χ4v) is 5.38. The molecular formula is C27H34N4O. The molecule has 2 aromatic carbocycles. The van der Waals surface area contributed by atoms with Gasteiger partial charge in [0.15, 0.2) is 0 Å². The first-order valence-electron chi connectivity index (χ1n) is 11.5. The number of hydrogen-bond acceptors (Lipinski definition) is 4. The smallest absolute Gasteiger partial charge is 0.251 e. The number of nitrogens with one attached hydrogen (secondary N) is 2. The summed E-state index contributed by atoms with van der Waals surface area (Å²) in [5.74, 6) is -0.0267. The second-order valence-corrected chi connectivity index (χ2v) is 9.56. The topological polar surface area (TPSA) is 82.2 Å². The van der Waals surface area contributed by atoms with Gasteiger partial charge >= 0.3 is 0 Å². The van der Waals surface area contributed by atoms with Crippen LogP contribution in [0.3, 0.4) is 0 Å². The largest absolute Gasteiger partial charge is 0.398 e. The van der Waals surface area contributed by atoms with Gasteiger partial charge in [-0.2, -0.15) is 0 Å². The Bertz CT molecular complexity index is 1070. The van der Waals surface area contributed by atoms with E-state index < -0.39 is 0 Å². The molecule has 2 aliphatic carbocycles. The summed E-state index contributed by atoms with van der Waals surface area (Å²) >= 11 is 0. The Morgan fingerprint density at radius 1 is 1.16 bits per heavy atom. The number of carbonyl (C=O) groups excluding carboxylic acids is 1. The summed E-state index contributed by atoms with van der Waals surface area (Å²) in [6, 6.07) is 12.2. The minimum atomic E-state index is -0.113. The second-order valence-electron chi connectivity index (χ2n) is 9.56. The number of nitrogen functional groups attached to an aromatic ring is 1. The average Bonchev–Trinajstić information content (AvgIpc) is 2.79. The summed E-state index contributed by atoms with van der Waals surface area (Å²) in [5, 5.41) is 11.0. The van der Waals surface area contributed by atoms with E-state index in [1.165, 1.54) is 46.9 Å². The number of amides is 1. The molecule has 0 saturated heterocycles. The molecule has 0 radical (unpaired) electrons. The molecule has 2 aliphatic rings. The number of likely N-dealkylation sites (N-methyl/N-ethyl adjacent to an activating group) is 1. The van der Waals surface area contributed by atoms with Gasteiger partial charge in [0.2, 0.25) is 0 Å². The van der Waals surface area contributed by atoms with Crippen molar-refractivity contribution in [1.29, 1.82) is 5.41 Å². The summed E-state index contributed by atoms with van der Waals surface area (Å²) in [4.78, 5) is 14.6. The van der Waals surface area contributed by atoms with Crippen LogP contribution in [0, 0.1) is 5.41 Å². The van der Waals surface area contributed by atoms with Gasteiger partial charge < -0.3 is 21.4 Å². The molecule has 1 amide bonds. The first kappa shape index (κ1) is 22.3. The quantitative estimate of drug-likeness (QED) is 0.469. The van der Waals surface area contributed by atoms with Crippen molar-refractivity contribution in [2.75, 3.05) is 32.9 Å². The summed E-state index contributed by atoms with van der Waals surface area (Å²) in [6.07, 6.45) is 6.78. The molecule has 4 N–H and O–H groups in total. The number of hydrogen-bond donors (Lipinski definition) is 3. The van der Waals surface area contributed by atoms with Crippen LogP contribution in [0.2, 0.25) is 0 Å². The SMILES string of the molecule is CN(C)CCNC(=O)c1ccc(C2(C)Cc3ccc(N)c(C=N)c3C3=C2CCCC3)cc1. The zero-order valence-corrected chi connectivity index (χ0v) is 19.4. The highest BCUT2D eigenvalue weighted by Gasteiger charge is 2.39. The monoisotopic (exact) mass is 430 g/mol. The van der Waals surface area contributed by atoms with E-state index in [0.717, 1.165) is 31.4 Å². The number of carbonyl (C=O) groups is 1. The molecule has 4 rings (SSSR count).